The number of nitrogens with zero attached hydrogens (tertiary/aromatic N) is 2. The molecule has 1 aliphatic heterocycles. The lowest BCUT2D eigenvalue weighted by atomic mass is 10.1. The van der Waals surface area contributed by atoms with Gasteiger partial charge in [0.05, 0.1) is 6.61 Å². The van der Waals surface area contributed by atoms with Crippen LogP contribution in [0.2, 0.25) is 0 Å². The molecule has 7 heteroatoms. The lowest BCUT2D eigenvalue weighted by molar-refractivity contribution is -0.132. The second-order valence-electron chi connectivity index (χ2n) is 7.47. The Balaban J connectivity index is 1.46. The molecule has 1 saturated heterocycles. The summed E-state index contributed by atoms with van der Waals surface area (Å²) in [6, 6.07) is 14.6. The second kappa shape index (κ2) is 10.6. The van der Waals surface area contributed by atoms with Gasteiger partial charge in [-0.15, -0.1) is 0 Å². The molecule has 31 heavy (non-hydrogen) atoms. The Morgan fingerprint density at radius 1 is 0.871 bits per heavy atom. The summed E-state index contributed by atoms with van der Waals surface area (Å²) in [6.45, 7) is 6.02. The van der Waals surface area contributed by atoms with E-state index < -0.39 is 6.16 Å². The molecule has 7 nitrogen and oxygen atoms in total. The molecule has 2 aromatic carbocycles. The normalized spacial score (nSPS) is 13.6. The molecule has 0 radical (unpaired) electrons. The van der Waals surface area contributed by atoms with Crippen molar-refractivity contribution in [1.82, 2.24) is 9.80 Å². The van der Waals surface area contributed by atoms with Crippen LogP contribution in [0.15, 0.2) is 48.5 Å². The van der Waals surface area contributed by atoms with Crippen LogP contribution in [0.3, 0.4) is 0 Å². The summed E-state index contributed by atoms with van der Waals surface area (Å²) in [6.07, 6.45) is 0.418. The van der Waals surface area contributed by atoms with Crippen molar-refractivity contribution in [2.75, 3.05) is 32.8 Å². The van der Waals surface area contributed by atoms with E-state index in [1.54, 1.807) is 36.1 Å². The number of aryl methyl sites for hydroxylation is 2. The summed E-state index contributed by atoms with van der Waals surface area (Å²) in [5, 5.41) is 0. The first-order valence-corrected chi connectivity index (χ1v) is 10.5. The molecule has 2 amide bonds. The van der Waals surface area contributed by atoms with Crippen molar-refractivity contribution in [2.45, 2.75) is 26.7 Å². The third kappa shape index (κ3) is 6.31. The summed E-state index contributed by atoms with van der Waals surface area (Å²) in [5.74, 6) is 0.335. The highest BCUT2D eigenvalue weighted by Crippen LogP contribution is 2.16. The summed E-state index contributed by atoms with van der Waals surface area (Å²) in [4.78, 5) is 40.2. The minimum absolute atomic E-state index is 0.102. The van der Waals surface area contributed by atoms with Gasteiger partial charge in [-0.2, -0.15) is 0 Å². The van der Waals surface area contributed by atoms with Gasteiger partial charge >= 0.3 is 6.16 Å². The first-order valence-electron chi connectivity index (χ1n) is 10.5. The summed E-state index contributed by atoms with van der Waals surface area (Å²) in [7, 11) is 0. The van der Waals surface area contributed by atoms with Crippen molar-refractivity contribution in [2.24, 2.45) is 0 Å². The minimum Gasteiger partial charge on any atom is -0.434 e. The molecule has 1 aliphatic rings. The summed E-state index contributed by atoms with van der Waals surface area (Å²) < 4.78 is 9.73. The Kier molecular flexibility index (Phi) is 7.65. The van der Waals surface area contributed by atoms with Crippen LogP contribution in [0, 0.1) is 6.92 Å². The van der Waals surface area contributed by atoms with Crippen LogP contribution in [0.5, 0.6) is 5.75 Å². The average Bonchev–Trinajstić information content (AvgIpc) is 2.79. The zero-order valence-electron chi connectivity index (χ0n) is 18.0. The van der Waals surface area contributed by atoms with Gasteiger partial charge in [0.1, 0.15) is 5.75 Å². The minimum atomic E-state index is -0.773. The van der Waals surface area contributed by atoms with Gasteiger partial charge in [0.2, 0.25) is 5.91 Å². The van der Waals surface area contributed by atoms with Crippen molar-refractivity contribution in [3.63, 3.8) is 0 Å². The molecule has 2 aromatic rings. The molecule has 0 N–H and O–H groups in total. The van der Waals surface area contributed by atoms with Crippen LogP contribution in [-0.2, 0) is 16.0 Å². The van der Waals surface area contributed by atoms with Gasteiger partial charge in [0.25, 0.3) is 5.91 Å². The maximum atomic E-state index is 12.7. The Hall–Kier alpha value is -3.35. The molecular formula is C24H28N2O5. The van der Waals surface area contributed by atoms with Gasteiger partial charge in [-0.25, -0.2) is 4.79 Å². The number of carbonyl (C=O) groups excluding carboxylic acids is 3. The molecular weight excluding hydrogens is 396 g/mol. The van der Waals surface area contributed by atoms with E-state index >= 15 is 0 Å². The standard InChI is InChI=1S/C24H28N2O5/c1-3-30-24(29)31-21-11-9-20(10-12-21)23(28)26-16-14-25(15-17-26)22(27)13-8-19-6-4-18(2)5-7-19/h4-7,9-12H,3,8,13-17H2,1-2H3. The Labute approximate surface area is 182 Å². The van der Waals surface area contributed by atoms with Crippen molar-refractivity contribution >= 4 is 18.0 Å². The Bertz CT molecular complexity index is 901. The van der Waals surface area contributed by atoms with Crippen LogP contribution < -0.4 is 4.74 Å². The third-order valence-corrected chi connectivity index (χ3v) is 5.23. The smallest absolute Gasteiger partial charge is 0.434 e. The SMILES string of the molecule is CCOC(=O)Oc1ccc(C(=O)N2CCN(C(=O)CCc3ccc(C)cc3)CC2)cc1. The van der Waals surface area contributed by atoms with Crippen LogP contribution in [0.25, 0.3) is 0 Å². The first kappa shape index (κ1) is 22.3. The molecule has 0 saturated carbocycles. The Morgan fingerprint density at radius 2 is 1.48 bits per heavy atom. The first-order chi connectivity index (χ1) is 15.0. The topological polar surface area (TPSA) is 76.2 Å². The van der Waals surface area contributed by atoms with Gasteiger partial charge < -0.3 is 19.3 Å². The molecule has 0 unspecified atom stereocenters. The van der Waals surface area contributed by atoms with E-state index in [1.165, 1.54) is 5.56 Å². The monoisotopic (exact) mass is 424 g/mol. The lowest BCUT2D eigenvalue weighted by Gasteiger charge is -2.35. The lowest BCUT2D eigenvalue weighted by Crippen LogP contribution is -2.50. The van der Waals surface area contributed by atoms with Crippen molar-refractivity contribution in [3.8, 4) is 5.75 Å². The van der Waals surface area contributed by atoms with Gasteiger partial charge in [0.15, 0.2) is 0 Å². The predicted molar refractivity (Wildman–Crippen MR) is 116 cm³/mol. The fraction of sp³-hybridized carbons (Fsp3) is 0.375. The van der Waals surface area contributed by atoms with E-state index in [-0.39, 0.29) is 18.4 Å². The molecule has 0 aromatic heterocycles. The number of amides is 2. The maximum Gasteiger partial charge on any atom is 0.513 e. The van der Waals surface area contributed by atoms with E-state index in [9.17, 15) is 14.4 Å². The fourth-order valence-electron chi connectivity index (χ4n) is 3.41. The number of benzene rings is 2. The molecule has 1 heterocycles. The number of hydrogen-bond donors (Lipinski definition) is 0. The van der Waals surface area contributed by atoms with Crippen LogP contribution in [-0.4, -0.2) is 60.6 Å². The van der Waals surface area contributed by atoms with Crippen molar-refractivity contribution < 1.29 is 23.9 Å². The maximum absolute atomic E-state index is 12.7. The average molecular weight is 424 g/mol. The van der Waals surface area contributed by atoms with E-state index in [2.05, 4.69) is 24.3 Å². The molecule has 164 valence electrons. The number of piperazine rings is 1. The largest absolute Gasteiger partial charge is 0.513 e. The third-order valence-electron chi connectivity index (χ3n) is 5.23. The summed E-state index contributed by atoms with van der Waals surface area (Å²) >= 11 is 0. The quantitative estimate of drug-likeness (QED) is 0.524. The van der Waals surface area contributed by atoms with Crippen LogP contribution >= 0.6 is 0 Å². The number of hydrogen-bond acceptors (Lipinski definition) is 5. The zero-order chi connectivity index (χ0) is 22.2. The molecule has 0 atom stereocenters. The molecule has 1 fully saturated rings. The van der Waals surface area contributed by atoms with Gasteiger partial charge in [-0.05, 0) is 50.1 Å². The molecule has 0 spiro atoms. The van der Waals surface area contributed by atoms with Crippen LogP contribution in [0.1, 0.15) is 34.8 Å². The molecule has 0 aliphatic carbocycles. The van der Waals surface area contributed by atoms with Gasteiger partial charge in [-0.1, -0.05) is 29.8 Å². The Morgan fingerprint density at radius 3 is 2.10 bits per heavy atom. The van der Waals surface area contributed by atoms with E-state index in [0.717, 1.165) is 12.0 Å². The highest BCUT2D eigenvalue weighted by Gasteiger charge is 2.24. The highest BCUT2D eigenvalue weighted by molar-refractivity contribution is 5.94. The van der Waals surface area contributed by atoms with Crippen molar-refractivity contribution in [3.05, 3.63) is 65.2 Å². The number of carbonyl (C=O) groups is 3. The van der Waals surface area contributed by atoms with Gasteiger partial charge in [-0.3, -0.25) is 9.59 Å². The van der Waals surface area contributed by atoms with Crippen LogP contribution in [0.4, 0.5) is 4.79 Å². The molecule has 3 rings (SSSR count). The number of ether oxygens (including phenoxy) is 2. The van der Waals surface area contributed by atoms with E-state index in [4.69, 9.17) is 9.47 Å². The molecule has 0 bridgehead atoms. The highest BCUT2D eigenvalue weighted by atomic mass is 16.7. The second-order valence-corrected chi connectivity index (χ2v) is 7.47. The number of rotatable bonds is 6. The zero-order valence-corrected chi connectivity index (χ0v) is 18.0. The summed E-state index contributed by atoms with van der Waals surface area (Å²) in [5.41, 5.74) is 2.87. The van der Waals surface area contributed by atoms with Crippen molar-refractivity contribution in [1.29, 1.82) is 0 Å². The fourth-order valence-corrected chi connectivity index (χ4v) is 3.41. The van der Waals surface area contributed by atoms with Gasteiger partial charge in [0, 0.05) is 38.2 Å². The van der Waals surface area contributed by atoms with E-state index in [0.29, 0.717) is 43.9 Å². The van der Waals surface area contributed by atoms with E-state index in [1.807, 2.05) is 11.8 Å². The predicted octanol–water partition coefficient (Wildman–Crippen LogP) is 3.45.